The molecule has 0 saturated carbocycles. The van der Waals surface area contributed by atoms with Crippen LogP contribution in [0.2, 0.25) is 10.0 Å². The second-order valence-electron chi connectivity index (χ2n) is 9.31. The van der Waals surface area contributed by atoms with E-state index in [9.17, 15) is 9.90 Å². The van der Waals surface area contributed by atoms with Crippen molar-refractivity contribution in [2.45, 2.75) is 18.9 Å². The average molecular weight is 553 g/mol. The van der Waals surface area contributed by atoms with Gasteiger partial charge in [-0.05, 0) is 47.4 Å². The van der Waals surface area contributed by atoms with Crippen LogP contribution in [-0.4, -0.2) is 26.2 Å². The lowest BCUT2D eigenvalue weighted by Gasteiger charge is -2.30. The summed E-state index contributed by atoms with van der Waals surface area (Å²) in [5.74, 6) is 0.109. The van der Waals surface area contributed by atoms with Gasteiger partial charge in [0, 0.05) is 35.0 Å². The smallest absolute Gasteiger partial charge is 0.414 e. The van der Waals surface area contributed by atoms with Crippen LogP contribution in [0.4, 0.5) is 10.7 Å². The molecule has 6 nitrogen and oxygen atoms in total. The van der Waals surface area contributed by atoms with E-state index in [0.717, 1.165) is 39.1 Å². The van der Waals surface area contributed by atoms with E-state index in [1.165, 1.54) is 4.90 Å². The zero-order valence-corrected chi connectivity index (χ0v) is 22.1. The molecule has 0 radical (unpaired) electrons. The Balaban J connectivity index is 1.56. The summed E-state index contributed by atoms with van der Waals surface area (Å²) in [6, 6.07) is 27.0. The van der Waals surface area contributed by atoms with E-state index < -0.39 is 6.09 Å². The fourth-order valence-electron chi connectivity index (χ4n) is 5.10. The Morgan fingerprint density at radius 3 is 2.33 bits per heavy atom. The first-order chi connectivity index (χ1) is 19.0. The minimum absolute atomic E-state index is 0.0154. The number of hydrogen-bond acceptors (Lipinski definition) is 4. The average Bonchev–Trinajstić information content (AvgIpc) is 2.97. The van der Waals surface area contributed by atoms with Crippen molar-refractivity contribution in [2.75, 3.05) is 4.90 Å². The molecule has 192 valence electrons. The van der Waals surface area contributed by atoms with Crippen LogP contribution in [0.5, 0.6) is 0 Å². The van der Waals surface area contributed by atoms with E-state index in [1.807, 2.05) is 78.9 Å². The zero-order chi connectivity index (χ0) is 26.9. The molecular formula is C31H22Cl2N4O2. The predicted molar refractivity (Wildman–Crippen MR) is 153 cm³/mol. The molecule has 2 aromatic heterocycles. The van der Waals surface area contributed by atoms with E-state index in [0.29, 0.717) is 22.2 Å². The summed E-state index contributed by atoms with van der Waals surface area (Å²) in [5, 5.41) is 11.2. The molecule has 0 fully saturated rings. The number of fused-ring (bicyclic) bond motifs is 3. The Bertz CT molecular complexity index is 1660. The third kappa shape index (κ3) is 4.85. The van der Waals surface area contributed by atoms with Crippen molar-refractivity contribution in [3.63, 3.8) is 0 Å². The van der Waals surface area contributed by atoms with E-state index in [-0.39, 0.29) is 18.4 Å². The lowest BCUT2D eigenvalue weighted by Crippen LogP contribution is -2.31. The number of hydrogen-bond donors (Lipinski definition) is 1. The number of halogens is 2. The molecule has 1 aliphatic carbocycles. The lowest BCUT2D eigenvalue weighted by atomic mass is 9.76. The van der Waals surface area contributed by atoms with Crippen molar-refractivity contribution in [3.05, 3.63) is 130 Å². The molecule has 3 aromatic carbocycles. The highest BCUT2D eigenvalue weighted by molar-refractivity contribution is 6.42. The number of rotatable bonds is 5. The fourth-order valence-corrected chi connectivity index (χ4v) is 5.41. The molecule has 0 spiro atoms. The van der Waals surface area contributed by atoms with Gasteiger partial charge in [-0.15, -0.1) is 0 Å². The molecule has 1 N–H and O–H groups in total. The Morgan fingerprint density at radius 1 is 0.872 bits per heavy atom. The van der Waals surface area contributed by atoms with Gasteiger partial charge in [-0.1, -0.05) is 83.9 Å². The van der Waals surface area contributed by atoms with Crippen LogP contribution >= 0.6 is 23.2 Å². The Labute approximate surface area is 235 Å². The van der Waals surface area contributed by atoms with Crippen molar-refractivity contribution in [1.29, 1.82) is 0 Å². The summed E-state index contributed by atoms with van der Waals surface area (Å²) >= 11 is 12.6. The van der Waals surface area contributed by atoms with E-state index in [2.05, 4.69) is 11.1 Å². The summed E-state index contributed by atoms with van der Waals surface area (Å²) in [6.45, 7) is 0.123. The van der Waals surface area contributed by atoms with Crippen molar-refractivity contribution in [2.24, 2.45) is 0 Å². The van der Waals surface area contributed by atoms with Gasteiger partial charge in [0.2, 0.25) is 5.95 Å². The van der Waals surface area contributed by atoms with Crippen LogP contribution in [-0.2, 0) is 13.0 Å². The van der Waals surface area contributed by atoms with E-state index in [1.54, 1.807) is 12.4 Å². The number of aromatic nitrogens is 3. The van der Waals surface area contributed by atoms with E-state index in [4.69, 9.17) is 33.2 Å². The van der Waals surface area contributed by atoms with Crippen molar-refractivity contribution in [1.82, 2.24) is 15.0 Å². The molecule has 0 aliphatic heterocycles. The van der Waals surface area contributed by atoms with Gasteiger partial charge >= 0.3 is 6.09 Å². The highest BCUT2D eigenvalue weighted by Gasteiger charge is 2.32. The van der Waals surface area contributed by atoms with Gasteiger partial charge < -0.3 is 5.11 Å². The van der Waals surface area contributed by atoms with Crippen LogP contribution in [0, 0.1) is 0 Å². The number of nitrogens with zero attached hydrogens (tertiary/aromatic N) is 4. The third-order valence-corrected chi connectivity index (χ3v) is 7.69. The maximum Gasteiger partial charge on any atom is 0.414 e. The largest absolute Gasteiger partial charge is 0.465 e. The van der Waals surface area contributed by atoms with Crippen LogP contribution < -0.4 is 4.90 Å². The Kier molecular flexibility index (Phi) is 6.73. The Morgan fingerprint density at radius 2 is 1.59 bits per heavy atom. The van der Waals surface area contributed by atoms with Crippen molar-refractivity contribution in [3.8, 4) is 22.5 Å². The van der Waals surface area contributed by atoms with Crippen LogP contribution in [0.15, 0.2) is 97.3 Å². The van der Waals surface area contributed by atoms with Gasteiger partial charge in [-0.3, -0.25) is 4.98 Å². The molecule has 8 heteroatoms. The molecular weight excluding hydrogens is 531 g/mol. The minimum atomic E-state index is -1.13. The zero-order valence-electron chi connectivity index (χ0n) is 20.6. The molecule has 1 atom stereocenters. The third-order valence-electron chi connectivity index (χ3n) is 6.95. The van der Waals surface area contributed by atoms with Gasteiger partial charge in [0.15, 0.2) is 0 Å². The fraction of sp³-hybridized carbons (Fsp3) is 0.0968. The highest BCUT2D eigenvalue weighted by atomic mass is 35.5. The first kappa shape index (κ1) is 25.0. The Hall–Kier alpha value is -4.26. The van der Waals surface area contributed by atoms with Crippen LogP contribution in [0.1, 0.15) is 28.2 Å². The van der Waals surface area contributed by atoms with Gasteiger partial charge in [0.25, 0.3) is 0 Å². The molecule has 1 amide bonds. The van der Waals surface area contributed by atoms with Crippen molar-refractivity contribution < 1.29 is 9.90 Å². The number of carboxylic acid groups (broad SMARTS) is 1. The topological polar surface area (TPSA) is 79.2 Å². The maximum atomic E-state index is 12.5. The SMILES string of the molecule is O=C(O)N(Cc1ccccc1)c1nc(-c2ccncc2)c2c(n1)-c1ccccc1[C@H](c1ccc(Cl)c(Cl)c1)C2. The standard InChI is InChI=1S/C31H22Cl2N4O2/c32-26-11-10-21(16-27(26)33)24-17-25-28(20-12-14-34-15-13-20)35-30(36-29(25)23-9-5-4-8-22(23)24)37(31(38)39)18-19-6-2-1-3-7-19/h1-16,24H,17-18H2,(H,38,39)/t24-/m0/s1. The molecule has 0 saturated heterocycles. The molecule has 2 heterocycles. The summed E-state index contributed by atoms with van der Waals surface area (Å²) in [5.41, 5.74) is 7.05. The molecule has 1 aliphatic rings. The number of carbonyl (C=O) groups is 1. The number of pyridine rings is 1. The molecule has 0 unspecified atom stereocenters. The molecule has 0 bridgehead atoms. The first-order valence-corrected chi connectivity index (χ1v) is 13.1. The van der Waals surface area contributed by atoms with E-state index >= 15 is 0 Å². The number of amides is 1. The number of anilines is 1. The van der Waals surface area contributed by atoms with Gasteiger partial charge in [-0.2, -0.15) is 0 Å². The summed E-state index contributed by atoms with van der Waals surface area (Å²) < 4.78 is 0. The molecule has 39 heavy (non-hydrogen) atoms. The highest BCUT2D eigenvalue weighted by Crippen LogP contribution is 2.46. The second kappa shape index (κ2) is 10.5. The predicted octanol–water partition coefficient (Wildman–Crippen LogP) is 7.89. The molecule has 6 rings (SSSR count). The van der Waals surface area contributed by atoms with Crippen LogP contribution in [0.3, 0.4) is 0 Å². The first-order valence-electron chi connectivity index (χ1n) is 12.4. The normalized spacial score (nSPS) is 13.8. The summed E-state index contributed by atoms with van der Waals surface area (Å²) in [4.78, 5) is 27.6. The van der Waals surface area contributed by atoms with Crippen molar-refractivity contribution >= 4 is 35.2 Å². The maximum absolute atomic E-state index is 12.5. The second-order valence-corrected chi connectivity index (χ2v) is 10.1. The monoisotopic (exact) mass is 552 g/mol. The lowest BCUT2D eigenvalue weighted by molar-refractivity contribution is 0.201. The van der Waals surface area contributed by atoms with Gasteiger partial charge in [-0.25, -0.2) is 19.7 Å². The summed E-state index contributed by atoms with van der Waals surface area (Å²) in [7, 11) is 0. The minimum Gasteiger partial charge on any atom is -0.465 e. The van der Waals surface area contributed by atoms with Gasteiger partial charge in [0.1, 0.15) is 0 Å². The van der Waals surface area contributed by atoms with Crippen LogP contribution in [0.25, 0.3) is 22.5 Å². The quantitative estimate of drug-likeness (QED) is 0.240. The number of benzene rings is 3. The molecule has 5 aromatic rings. The van der Waals surface area contributed by atoms with Gasteiger partial charge in [0.05, 0.1) is 28.0 Å². The summed E-state index contributed by atoms with van der Waals surface area (Å²) in [6.07, 6.45) is 2.89.